The van der Waals surface area contributed by atoms with E-state index in [2.05, 4.69) is 10.2 Å². The van der Waals surface area contributed by atoms with Crippen LogP contribution in [0.4, 0.5) is 10.2 Å². The number of hydrogen-bond acceptors (Lipinski definition) is 5. The lowest BCUT2D eigenvalue weighted by molar-refractivity contribution is -0.121. The summed E-state index contributed by atoms with van der Waals surface area (Å²) in [5.41, 5.74) is 2.55. The van der Waals surface area contributed by atoms with Gasteiger partial charge in [0.2, 0.25) is 5.91 Å². The van der Waals surface area contributed by atoms with E-state index in [1.165, 1.54) is 24.3 Å². The van der Waals surface area contributed by atoms with Crippen LogP contribution in [0.3, 0.4) is 0 Å². The summed E-state index contributed by atoms with van der Waals surface area (Å²) in [4.78, 5) is 34.7. The van der Waals surface area contributed by atoms with Gasteiger partial charge in [-0.3, -0.25) is 4.79 Å². The van der Waals surface area contributed by atoms with Gasteiger partial charge in [0.1, 0.15) is 11.5 Å². The van der Waals surface area contributed by atoms with E-state index in [4.69, 9.17) is 9.97 Å². The minimum Gasteiger partial charge on any atom is -0.478 e. The fraction of sp³-hybridized carbons (Fsp3) is 0.304. The predicted octanol–water partition coefficient (Wildman–Crippen LogP) is 3.63. The van der Waals surface area contributed by atoms with Crippen molar-refractivity contribution in [2.24, 2.45) is 0 Å². The highest BCUT2D eigenvalue weighted by Crippen LogP contribution is 2.32. The summed E-state index contributed by atoms with van der Waals surface area (Å²) in [7, 11) is 0. The number of fused-ring (bicyclic) bond motifs is 1. The molecule has 2 aromatic carbocycles. The van der Waals surface area contributed by atoms with Crippen molar-refractivity contribution in [2.45, 2.75) is 32.2 Å². The molecule has 1 aliphatic heterocycles. The lowest BCUT2D eigenvalue weighted by atomic mass is 10.0. The fourth-order valence-electron chi connectivity index (χ4n) is 3.77. The number of piperidine rings is 1. The van der Waals surface area contributed by atoms with Crippen LogP contribution in [0.25, 0.3) is 22.3 Å². The van der Waals surface area contributed by atoms with Crippen LogP contribution in [-0.2, 0) is 4.79 Å². The van der Waals surface area contributed by atoms with E-state index in [0.29, 0.717) is 42.1 Å². The van der Waals surface area contributed by atoms with Crippen molar-refractivity contribution in [2.75, 3.05) is 18.0 Å². The molecule has 160 valence electrons. The number of aromatic nitrogens is 2. The Morgan fingerprint density at radius 2 is 1.81 bits per heavy atom. The van der Waals surface area contributed by atoms with Gasteiger partial charge in [-0.15, -0.1) is 0 Å². The largest absolute Gasteiger partial charge is 0.478 e. The number of carboxylic acid groups (broad SMARTS) is 1. The lowest BCUT2D eigenvalue weighted by Crippen LogP contribution is -2.45. The van der Waals surface area contributed by atoms with Crippen molar-refractivity contribution in [3.05, 3.63) is 53.8 Å². The third kappa shape index (κ3) is 4.47. The molecule has 0 radical (unpaired) electrons. The van der Waals surface area contributed by atoms with Crippen LogP contribution in [0.1, 0.15) is 36.5 Å². The molecule has 0 spiro atoms. The molecule has 3 aromatic rings. The molecule has 2 N–H and O–H groups in total. The van der Waals surface area contributed by atoms with Crippen molar-refractivity contribution in [1.82, 2.24) is 15.3 Å². The van der Waals surface area contributed by atoms with E-state index in [0.717, 1.165) is 18.4 Å². The number of rotatable bonds is 5. The van der Waals surface area contributed by atoms with E-state index < -0.39 is 5.97 Å². The van der Waals surface area contributed by atoms with Crippen LogP contribution in [0, 0.1) is 5.82 Å². The molecule has 1 saturated heterocycles. The Morgan fingerprint density at radius 3 is 2.45 bits per heavy atom. The van der Waals surface area contributed by atoms with E-state index >= 15 is 0 Å². The maximum atomic E-state index is 13.5. The van der Waals surface area contributed by atoms with Gasteiger partial charge < -0.3 is 15.3 Å². The highest BCUT2D eigenvalue weighted by Gasteiger charge is 2.24. The molecule has 31 heavy (non-hydrogen) atoms. The normalized spacial score (nSPS) is 14.6. The molecule has 0 bridgehead atoms. The molecular formula is C23H23FN4O3. The molecule has 1 aromatic heterocycles. The first-order valence-corrected chi connectivity index (χ1v) is 10.3. The van der Waals surface area contributed by atoms with Crippen LogP contribution in [0.15, 0.2) is 42.5 Å². The van der Waals surface area contributed by atoms with Crippen molar-refractivity contribution in [3.8, 4) is 11.3 Å². The second kappa shape index (κ2) is 8.67. The average molecular weight is 422 g/mol. The van der Waals surface area contributed by atoms with E-state index in [1.54, 1.807) is 18.2 Å². The van der Waals surface area contributed by atoms with E-state index in [1.807, 2.05) is 6.92 Å². The van der Waals surface area contributed by atoms with Gasteiger partial charge in [-0.05, 0) is 55.3 Å². The number of hydrogen-bond donors (Lipinski definition) is 2. The van der Waals surface area contributed by atoms with Crippen LogP contribution in [-0.4, -0.2) is 46.1 Å². The average Bonchev–Trinajstić information content (AvgIpc) is 2.78. The number of nitrogens with zero attached hydrogens (tertiary/aromatic N) is 3. The summed E-state index contributed by atoms with van der Waals surface area (Å²) in [6.45, 7) is 3.17. The Kier molecular flexibility index (Phi) is 5.79. The molecule has 0 aliphatic carbocycles. The Hall–Kier alpha value is -3.55. The zero-order valence-electron chi connectivity index (χ0n) is 17.1. The minimum atomic E-state index is -1.03. The number of nitrogens with one attached hydrogen (secondary N) is 1. The maximum absolute atomic E-state index is 13.5. The highest BCUT2D eigenvalue weighted by atomic mass is 19.1. The van der Waals surface area contributed by atoms with Gasteiger partial charge in [0, 0.05) is 31.1 Å². The summed E-state index contributed by atoms with van der Waals surface area (Å²) in [5.74, 6) is -0.697. The zero-order chi connectivity index (χ0) is 22.0. The summed E-state index contributed by atoms with van der Waals surface area (Å²) in [5, 5.41) is 12.3. The Balaban J connectivity index is 1.72. The quantitative estimate of drug-likeness (QED) is 0.652. The topological polar surface area (TPSA) is 95.4 Å². The van der Waals surface area contributed by atoms with Crippen LogP contribution < -0.4 is 10.2 Å². The summed E-state index contributed by atoms with van der Waals surface area (Å²) in [6, 6.07) is 10.8. The van der Waals surface area contributed by atoms with Crippen LogP contribution in [0.5, 0.6) is 0 Å². The van der Waals surface area contributed by atoms with Gasteiger partial charge in [0.25, 0.3) is 0 Å². The number of amides is 1. The smallest absolute Gasteiger partial charge is 0.335 e. The first-order chi connectivity index (χ1) is 14.9. The first-order valence-electron chi connectivity index (χ1n) is 10.3. The molecule has 0 atom stereocenters. The highest BCUT2D eigenvalue weighted by molar-refractivity contribution is 5.93. The minimum absolute atomic E-state index is 0.0390. The molecule has 0 unspecified atom stereocenters. The first kappa shape index (κ1) is 20.7. The van der Waals surface area contributed by atoms with Gasteiger partial charge in [-0.1, -0.05) is 6.92 Å². The monoisotopic (exact) mass is 422 g/mol. The van der Waals surface area contributed by atoms with Crippen molar-refractivity contribution < 1.29 is 19.1 Å². The predicted molar refractivity (Wildman–Crippen MR) is 116 cm³/mol. The number of carbonyl (C=O) groups is 2. The number of aromatic carboxylic acids is 1. The van der Waals surface area contributed by atoms with Gasteiger partial charge in [0.15, 0.2) is 5.82 Å². The van der Waals surface area contributed by atoms with Crippen LogP contribution >= 0.6 is 0 Å². The maximum Gasteiger partial charge on any atom is 0.335 e. The van der Waals surface area contributed by atoms with E-state index in [-0.39, 0.29) is 23.3 Å². The zero-order valence-corrected chi connectivity index (χ0v) is 17.1. The van der Waals surface area contributed by atoms with E-state index in [9.17, 15) is 19.1 Å². The molecule has 0 saturated carbocycles. The number of carbonyl (C=O) groups excluding carboxylic acids is 1. The summed E-state index contributed by atoms with van der Waals surface area (Å²) >= 11 is 0. The fourth-order valence-corrected chi connectivity index (χ4v) is 3.77. The molecule has 7 nitrogen and oxygen atoms in total. The third-order valence-electron chi connectivity index (χ3n) is 5.49. The Labute approximate surface area is 178 Å². The number of benzene rings is 2. The second-order valence-corrected chi connectivity index (χ2v) is 7.59. The molecular weight excluding hydrogens is 399 g/mol. The Bertz CT molecular complexity index is 1130. The molecule has 2 heterocycles. The molecule has 4 rings (SSSR count). The third-order valence-corrected chi connectivity index (χ3v) is 5.49. The van der Waals surface area contributed by atoms with Crippen molar-refractivity contribution in [3.63, 3.8) is 0 Å². The molecule has 8 heteroatoms. The number of halogens is 1. The van der Waals surface area contributed by atoms with Gasteiger partial charge in [-0.25, -0.2) is 19.2 Å². The number of carboxylic acids is 1. The van der Waals surface area contributed by atoms with Crippen LogP contribution in [0.2, 0.25) is 0 Å². The Morgan fingerprint density at radius 1 is 1.10 bits per heavy atom. The van der Waals surface area contributed by atoms with Gasteiger partial charge in [0.05, 0.1) is 16.6 Å². The molecule has 1 aliphatic rings. The SMILES string of the molecule is CCC(=O)NC1CCN(c2nc3cc(C(=O)O)ccc3nc2-c2ccc(F)cc2)CC1. The summed E-state index contributed by atoms with van der Waals surface area (Å²) in [6.07, 6.45) is 1.99. The second-order valence-electron chi connectivity index (χ2n) is 7.59. The van der Waals surface area contributed by atoms with Gasteiger partial charge >= 0.3 is 5.97 Å². The molecule has 1 fully saturated rings. The lowest BCUT2D eigenvalue weighted by Gasteiger charge is -2.34. The summed E-state index contributed by atoms with van der Waals surface area (Å²) < 4.78 is 13.5. The van der Waals surface area contributed by atoms with Crippen molar-refractivity contribution >= 4 is 28.7 Å². The molecule has 1 amide bonds. The number of anilines is 1. The van der Waals surface area contributed by atoms with Gasteiger partial charge in [-0.2, -0.15) is 0 Å². The van der Waals surface area contributed by atoms with Crippen molar-refractivity contribution in [1.29, 1.82) is 0 Å². The standard InChI is InChI=1S/C23H23FN4O3/c1-2-20(29)25-17-9-11-28(12-10-17)22-21(14-3-6-16(24)7-4-14)26-18-8-5-15(23(30)31)13-19(18)27-22/h3-8,13,17H,2,9-12H2,1H3,(H,25,29)(H,30,31).